The molecule has 0 spiro atoms. The molecule has 1 aliphatic rings. The number of nitrogen functional groups attached to an aromatic ring is 1. The molecular weight excluding hydrogens is 270 g/mol. The zero-order chi connectivity index (χ0) is 14.4. The molecule has 4 unspecified atom stereocenters. The van der Waals surface area contributed by atoms with Crippen LogP contribution >= 0.6 is 0 Å². The summed E-state index contributed by atoms with van der Waals surface area (Å²) in [5, 5.41) is 32.8. The van der Waals surface area contributed by atoms with Crippen molar-refractivity contribution in [3.05, 3.63) is 16.6 Å². The fraction of sp³-hybridized carbons (Fsp3) is 0.500. The summed E-state index contributed by atoms with van der Waals surface area (Å²) in [6.07, 6.45) is -3.31. The van der Waals surface area contributed by atoms with Gasteiger partial charge in [0.05, 0.1) is 12.8 Å². The Morgan fingerprint density at radius 1 is 1.45 bits per heavy atom. The van der Waals surface area contributed by atoms with Gasteiger partial charge < -0.3 is 25.8 Å². The number of aliphatic hydroxyl groups is 3. The predicted octanol–water partition coefficient (Wildman–Crippen LogP) is -2.69. The lowest BCUT2D eigenvalue weighted by atomic mass is 10.1. The number of H-pyrrole nitrogens is 1. The number of nitrogens with one attached hydrogen (secondary N) is 1. The molecule has 0 aromatic carbocycles. The Labute approximate surface area is 111 Å². The van der Waals surface area contributed by atoms with Crippen LogP contribution in [-0.2, 0) is 4.74 Å². The topological polar surface area (TPSA) is 160 Å². The molecule has 2 aromatic rings. The predicted molar refractivity (Wildman–Crippen MR) is 65.6 cm³/mol. The van der Waals surface area contributed by atoms with Gasteiger partial charge in [0.15, 0.2) is 11.9 Å². The fourth-order valence-electron chi connectivity index (χ4n) is 2.22. The molecule has 3 rings (SSSR count). The van der Waals surface area contributed by atoms with Crippen molar-refractivity contribution in [3.8, 4) is 0 Å². The van der Waals surface area contributed by atoms with Gasteiger partial charge in [0.2, 0.25) is 5.95 Å². The molecule has 0 saturated carbocycles. The molecule has 2 aromatic heterocycles. The number of nitrogens with zero attached hydrogens (tertiary/aromatic N) is 3. The normalized spacial score (nSPS) is 30.1. The van der Waals surface area contributed by atoms with Gasteiger partial charge in [-0.2, -0.15) is 10.1 Å². The number of ether oxygens (including phenoxy) is 1. The minimum atomic E-state index is -1.31. The highest BCUT2D eigenvalue weighted by molar-refractivity contribution is 5.74. The summed E-state index contributed by atoms with van der Waals surface area (Å²) in [6, 6.07) is 0. The van der Waals surface area contributed by atoms with Gasteiger partial charge in [0, 0.05) is 0 Å². The maximum absolute atomic E-state index is 11.7. The van der Waals surface area contributed by atoms with Gasteiger partial charge in [-0.05, 0) is 0 Å². The molecule has 20 heavy (non-hydrogen) atoms. The largest absolute Gasteiger partial charge is 0.394 e. The first-order valence-electron chi connectivity index (χ1n) is 5.88. The Bertz CT molecular complexity index is 697. The van der Waals surface area contributed by atoms with Crippen LogP contribution in [0.15, 0.2) is 11.0 Å². The first kappa shape index (κ1) is 13.0. The molecule has 1 saturated heterocycles. The molecule has 108 valence electrons. The molecule has 10 nitrogen and oxygen atoms in total. The van der Waals surface area contributed by atoms with Crippen LogP contribution < -0.4 is 11.3 Å². The van der Waals surface area contributed by atoms with Gasteiger partial charge >= 0.3 is 0 Å². The number of aliphatic hydroxyl groups excluding tert-OH is 3. The lowest BCUT2D eigenvalue weighted by Gasteiger charge is -2.15. The van der Waals surface area contributed by atoms with E-state index in [1.54, 1.807) is 0 Å². The quantitative estimate of drug-likeness (QED) is 0.398. The number of anilines is 1. The summed E-state index contributed by atoms with van der Waals surface area (Å²) >= 11 is 0. The zero-order valence-electron chi connectivity index (χ0n) is 10.2. The highest BCUT2D eigenvalue weighted by atomic mass is 16.6. The number of hydrogen-bond acceptors (Lipinski definition) is 8. The van der Waals surface area contributed by atoms with Crippen LogP contribution in [0.5, 0.6) is 0 Å². The molecule has 0 aliphatic carbocycles. The van der Waals surface area contributed by atoms with Crippen molar-refractivity contribution in [3.63, 3.8) is 0 Å². The van der Waals surface area contributed by atoms with E-state index in [1.165, 1.54) is 6.20 Å². The van der Waals surface area contributed by atoms with Crippen molar-refractivity contribution in [2.24, 2.45) is 0 Å². The van der Waals surface area contributed by atoms with Crippen LogP contribution in [0.1, 0.15) is 6.23 Å². The Morgan fingerprint density at radius 3 is 2.85 bits per heavy atom. The van der Waals surface area contributed by atoms with Gasteiger partial charge in [0.25, 0.3) is 5.56 Å². The lowest BCUT2D eigenvalue weighted by Crippen LogP contribution is -2.33. The molecular formula is C10H13N5O5. The summed E-state index contributed by atoms with van der Waals surface area (Å²) in [7, 11) is 0. The van der Waals surface area contributed by atoms with Crippen LogP contribution in [-0.4, -0.2) is 60.0 Å². The molecule has 6 N–H and O–H groups in total. The highest BCUT2D eigenvalue weighted by Gasteiger charge is 2.44. The lowest BCUT2D eigenvalue weighted by molar-refractivity contribution is -0.0566. The first-order valence-corrected chi connectivity index (χ1v) is 5.88. The second-order valence-corrected chi connectivity index (χ2v) is 4.51. The van der Waals surface area contributed by atoms with Crippen molar-refractivity contribution in [2.75, 3.05) is 12.3 Å². The van der Waals surface area contributed by atoms with E-state index in [9.17, 15) is 15.0 Å². The van der Waals surface area contributed by atoms with E-state index in [-0.39, 0.29) is 17.0 Å². The maximum Gasteiger partial charge on any atom is 0.263 e. The third-order valence-electron chi connectivity index (χ3n) is 3.24. The average molecular weight is 283 g/mol. The molecule has 4 atom stereocenters. The van der Waals surface area contributed by atoms with E-state index < -0.39 is 36.7 Å². The van der Waals surface area contributed by atoms with Crippen LogP contribution in [0.3, 0.4) is 0 Å². The van der Waals surface area contributed by atoms with E-state index >= 15 is 0 Å². The average Bonchev–Trinajstić information content (AvgIpc) is 2.93. The Balaban J connectivity index is 2.09. The molecule has 10 heteroatoms. The van der Waals surface area contributed by atoms with E-state index in [1.807, 2.05) is 0 Å². The van der Waals surface area contributed by atoms with Crippen LogP contribution in [0.4, 0.5) is 5.95 Å². The Morgan fingerprint density at radius 2 is 2.20 bits per heavy atom. The second kappa shape index (κ2) is 4.52. The molecule has 1 fully saturated rings. The standard InChI is InChI=1S/C10H13N5O5/c11-10-13-7-3(8(19)14-10)1-12-15(7)9-6(18)5(17)4(2-16)20-9/h1,4-6,9,16-18H,2H2,(H3,11,13,14,19). The third-order valence-corrected chi connectivity index (χ3v) is 3.24. The molecule has 1 aliphatic heterocycles. The van der Waals surface area contributed by atoms with Crippen molar-refractivity contribution in [2.45, 2.75) is 24.5 Å². The summed E-state index contributed by atoms with van der Waals surface area (Å²) < 4.78 is 6.48. The number of rotatable bonds is 2. The monoisotopic (exact) mass is 283 g/mol. The minimum Gasteiger partial charge on any atom is -0.394 e. The van der Waals surface area contributed by atoms with E-state index in [0.717, 1.165) is 4.68 Å². The van der Waals surface area contributed by atoms with Gasteiger partial charge in [-0.15, -0.1) is 0 Å². The Hall–Kier alpha value is -2.01. The molecule has 3 heterocycles. The van der Waals surface area contributed by atoms with E-state index in [4.69, 9.17) is 15.6 Å². The second-order valence-electron chi connectivity index (χ2n) is 4.51. The molecule has 0 radical (unpaired) electrons. The summed E-state index contributed by atoms with van der Waals surface area (Å²) in [5.74, 6) is -0.101. The number of fused-ring (bicyclic) bond motifs is 1. The Kier molecular flexibility index (Phi) is 2.94. The maximum atomic E-state index is 11.7. The highest BCUT2D eigenvalue weighted by Crippen LogP contribution is 2.30. The first-order chi connectivity index (χ1) is 9.52. The van der Waals surface area contributed by atoms with E-state index in [0.29, 0.717) is 0 Å². The summed E-state index contributed by atoms with van der Waals surface area (Å²) in [5.41, 5.74) is 5.13. The van der Waals surface area contributed by atoms with Crippen molar-refractivity contribution >= 4 is 17.0 Å². The van der Waals surface area contributed by atoms with Gasteiger partial charge in [0.1, 0.15) is 23.7 Å². The zero-order valence-corrected chi connectivity index (χ0v) is 10.2. The molecule has 0 amide bonds. The SMILES string of the molecule is Nc1nc2c(cnn2C2OC(CO)C(O)C2O)c(=O)[nH]1. The number of aromatic nitrogens is 4. The molecule has 0 bridgehead atoms. The van der Waals surface area contributed by atoms with Crippen molar-refractivity contribution in [1.29, 1.82) is 0 Å². The van der Waals surface area contributed by atoms with Gasteiger partial charge in [-0.25, -0.2) is 4.68 Å². The van der Waals surface area contributed by atoms with Gasteiger partial charge in [-0.1, -0.05) is 0 Å². The smallest absolute Gasteiger partial charge is 0.263 e. The number of hydrogen-bond donors (Lipinski definition) is 5. The van der Waals surface area contributed by atoms with Crippen LogP contribution in [0.2, 0.25) is 0 Å². The van der Waals surface area contributed by atoms with Crippen LogP contribution in [0.25, 0.3) is 11.0 Å². The fourth-order valence-corrected chi connectivity index (χ4v) is 2.22. The number of nitrogens with two attached hydrogens (primary N) is 1. The van der Waals surface area contributed by atoms with Crippen molar-refractivity contribution in [1.82, 2.24) is 19.7 Å². The van der Waals surface area contributed by atoms with E-state index in [2.05, 4.69) is 15.1 Å². The van der Waals surface area contributed by atoms with Crippen molar-refractivity contribution < 1.29 is 20.1 Å². The third kappa shape index (κ3) is 1.78. The summed E-state index contributed by atoms with van der Waals surface area (Å²) in [6.45, 7) is -0.454. The minimum absolute atomic E-state index is 0.101. The van der Waals surface area contributed by atoms with Gasteiger partial charge in [-0.3, -0.25) is 9.78 Å². The number of aromatic amines is 1. The van der Waals surface area contributed by atoms with Crippen LogP contribution in [0, 0.1) is 0 Å². The summed E-state index contributed by atoms with van der Waals surface area (Å²) in [4.78, 5) is 17.9.